The van der Waals surface area contributed by atoms with Gasteiger partial charge < -0.3 is 10.1 Å². The topological polar surface area (TPSA) is 34.2 Å². The molecule has 18 heavy (non-hydrogen) atoms. The lowest BCUT2D eigenvalue weighted by Gasteiger charge is -2.29. The second-order valence-corrected chi connectivity index (χ2v) is 5.04. The molecule has 4 heteroatoms. The molecule has 0 bridgehead atoms. The fraction of sp³-hybridized carbons (Fsp3) is 0.643. The summed E-state index contributed by atoms with van der Waals surface area (Å²) in [5, 5.41) is 2.94. The second kappa shape index (κ2) is 6.14. The molecule has 0 spiro atoms. The number of halogens is 1. The molecule has 1 heterocycles. The van der Waals surface area contributed by atoms with E-state index in [1.807, 2.05) is 0 Å². The largest absolute Gasteiger partial charge is 0.472 e. The zero-order valence-electron chi connectivity index (χ0n) is 11.1. The van der Waals surface area contributed by atoms with Crippen LogP contribution in [0.5, 0.6) is 5.88 Å². The van der Waals surface area contributed by atoms with Gasteiger partial charge in [-0.25, -0.2) is 9.37 Å². The van der Waals surface area contributed by atoms with Crippen LogP contribution in [0.2, 0.25) is 0 Å². The molecule has 1 aromatic heterocycles. The van der Waals surface area contributed by atoms with E-state index in [1.54, 1.807) is 19.3 Å². The first-order valence-corrected chi connectivity index (χ1v) is 6.67. The molecular weight excluding hydrogens is 231 g/mol. The van der Waals surface area contributed by atoms with Gasteiger partial charge >= 0.3 is 0 Å². The highest BCUT2D eigenvalue weighted by atomic mass is 19.1. The van der Waals surface area contributed by atoms with Crippen molar-refractivity contribution in [2.75, 3.05) is 7.05 Å². The molecule has 1 aliphatic carbocycles. The van der Waals surface area contributed by atoms with Crippen LogP contribution in [0.1, 0.15) is 38.2 Å². The van der Waals surface area contributed by atoms with Gasteiger partial charge in [0.1, 0.15) is 6.10 Å². The van der Waals surface area contributed by atoms with E-state index in [9.17, 15) is 4.39 Å². The number of nitrogens with one attached hydrogen (secondary N) is 1. The van der Waals surface area contributed by atoms with Crippen LogP contribution in [-0.2, 0) is 6.54 Å². The molecule has 0 aliphatic heterocycles. The third-order valence-electron chi connectivity index (χ3n) is 3.60. The highest BCUT2D eigenvalue weighted by Gasteiger charge is 2.24. The molecule has 1 fully saturated rings. The number of ether oxygens (including phenoxy) is 1. The minimum absolute atomic E-state index is 0.102. The first-order valence-electron chi connectivity index (χ1n) is 6.67. The third-order valence-corrected chi connectivity index (χ3v) is 3.60. The Morgan fingerprint density at radius 2 is 2.22 bits per heavy atom. The van der Waals surface area contributed by atoms with E-state index in [1.165, 1.54) is 6.42 Å². The van der Waals surface area contributed by atoms with Gasteiger partial charge in [0, 0.05) is 18.3 Å². The molecule has 0 amide bonds. The normalized spacial score (nSPS) is 23.9. The summed E-state index contributed by atoms with van der Waals surface area (Å²) < 4.78 is 19.9. The van der Waals surface area contributed by atoms with Gasteiger partial charge in [0.2, 0.25) is 0 Å². The Bertz CT molecular complexity index is 397. The molecule has 1 N–H and O–H groups in total. The quantitative estimate of drug-likeness (QED) is 0.894. The van der Waals surface area contributed by atoms with Gasteiger partial charge in [0.25, 0.3) is 5.88 Å². The molecule has 0 aromatic carbocycles. The predicted octanol–water partition coefficient (Wildman–Crippen LogP) is 2.90. The van der Waals surface area contributed by atoms with Gasteiger partial charge in [-0.2, -0.15) is 0 Å². The fourth-order valence-electron chi connectivity index (χ4n) is 2.47. The molecule has 1 saturated carbocycles. The van der Waals surface area contributed by atoms with Crippen molar-refractivity contribution in [3.05, 3.63) is 23.6 Å². The number of nitrogens with zero attached hydrogens (tertiary/aromatic N) is 1. The molecule has 0 saturated heterocycles. The lowest BCUT2D eigenvalue weighted by molar-refractivity contribution is 0.0925. The molecule has 2 atom stereocenters. The van der Waals surface area contributed by atoms with Crippen LogP contribution in [0, 0.1) is 11.7 Å². The van der Waals surface area contributed by atoms with Gasteiger partial charge in [-0.3, -0.25) is 0 Å². The van der Waals surface area contributed by atoms with Gasteiger partial charge in [0.05, 0.1) is 0 Å². The van der Waals surface area contributed by atoms with E-state index in [4.69, 9.17) is 4.74 Å². The van der Waals surface area contributed by atoms with Crippen molar-refractivity contribution >= 4 is 0 Å². The smallest absolute Gasteiger partial charge is 0.250 e. The van der Waals surface area contributed by atoms with Gasteiger partial charge in [0.15, 0.2) is 5.82 Å². The maximum Gasteiger partial charge on any atom is 0.250 e. The van der Waals surface area contributed by atoms with Crippen molar-refractivity contribution in [1.29, 1.82) is 0 Å². The van der Waals surface area contributed by atoms with Crippen molar-refractivity contribution in [3.8, 4) is 5.88 Å². The van der Waals surface area contributed by atoms with E-state index in [0.717, 1.165) is 19.3 Å². The molecule has 2 unspecified atom stereocenters. The number of hydrogen-bond donors (Lipinski definition) is 1. The molecule has 1 aromatic rings. The van der Waals surface area contributed by atoms with E-state index in [-0.39, 0.29) is 17.8 Å². The third kappa shape index (κ3) is 2.99. The Hall–Kier alpha value is -1.16. The van der Waals surface area contributed by atoms with Gasteiger partial charge in [-0.05, 0) is 38.3 Å². The summed E-state index contributed by atoms with van der Waals surface area (Å²) in [6.45, 7) is 2.66. The number of aromatic nitrogens is 1. The minimum atomic E-state index is -0.329. The van der Waals surface area contributed by atoms with Crippen molar-refractivity contribution in [3.63, 3.8) is 0 Å². The lowest BCUT2D eigenvalue weighted by Crippen LogP contribution is -2.29. The lowest BCUT2D eigenvalue weighted by atomic mass is 9.88. The Morgan fingerprint density at radius 3 is 2.94 bits per heavy atom. The maximum absolute atomic E-state index is 14.1. The summed E-state index contributed by atoms with van der Waals surface area (Å²) in [5.74, 6) is 0.305. The molecule has 0 radical (unpaired) electrons. The van der Waals surface area contributed by atoms with Crippen LogP contribution < -0.4 is 10.1 Å². The van der Waals surface area contributed by atoms with Crippen molar-refractivity contribution in [2.24, 2.45) is 5.92 Å². The molecular formula is C14H21FN2O. The summed E-state index contributed by atoms with van der Waals surface area (Å²) in [6.07, 6.45) is 6.27. The SMILES string of the molecule is CNCc1ccnc(OC2CCCCC2C)c1F. The summed E-state index contributed by atoms with van der Waals surface area (Å²) >= 11 is 0. The average Bonchev–Trinajstić information content (AvgIpc) is 2.37. The highest BCUT2D eigenvalue weighted by molar-refractivity contribution is 5.23. The summed E-state index contributed by atoms with van der Waals surface area (Å²) in [4.78, 5) is 4.02. The van der Waals surface area contributed by atoms with Crippen LogP contribution >= 0.6 is 0 Å². The van der Waals surface area contributed by atoms with Crippen molar-refractivity contribution in [1.82, 2.24) is 10.3 Å². The summed E-state index contributed by atoms with van der Waals surface area (Å²) in [6, 6.07) is 1.68. The Kier molecular flexibility index (Phi) is 4.53. The van der Waals surface area contributed by atoms with E-state index in [0.29, 0.717) is 18.0 Å². The van der Waals surface area contributed by atoms with Gasteiger partial charge in [-0.15, -0.1) is 0 Å². The van der Waals surface area contributed by atoms with Crippen molar-refractivity contribution in [2.45, 2.75) is 45.3 Å². The van der Waals surface area contributed by atoms with Crippen LogP contribution in [0.15, 0.2) is 12.3 Å². The molecule has 1 aliphatic rings. The predicted molar refractivity (Wildman–Crippen MR) is 69.0 cm³/mol. The zero-order valence-corrected chi connectivity index (χ0v) is 11.1. The monoisotopic (exact) mass is 252 g/mol. The van der Waals surface area contributed by atoms with Gasteiger partial charge in [-0.1, -0.05) is 13.3 Å². The standard InChI is InChI=1S/C14H21FN2O/c1-10-5-3-4-6-12(10)18-14-13(15)11(9-16-2)7-8-17-14/h7-8,10,12,16H,3-6,9H2,1-2H3. The maximum atomic E-state index is 14.1. The zero-order chi connectivity index (χ0) is 13.0. The van der Waals surface area contributed by atoms with Crippen LogP contribution in [0.3, 0.4) is 0 Å². The van der Waals surface area contributed by atoms with E-state index < -0.39 is 0 Å². The highest BCUT2D eigenvalue weighted by Crippen LogP contribution is 2.28. The number of pyridine rings is 1. The van der Waals surface area contributed by atoms with Crippen molar-refractivity contribution < 1.29 is 9.13 Å². The minimum Gasteiger partial charge on any atom is -0.472 e. The molecule has 2 rings (SSSR count). The van der Waals surface area contributed by atoms with Crippen LogP contribution in [0.4, 0.5) is 4.39 Å². The molecule has 3 nitrogen and oxygen atoms in total. The Morgan fingerprint density at radius 1 is 1.44 bits per heavy atom. The summed E-state index contributed by atoms with van der Waals surface area (Å²) in [5.41, 5.74) is 0.603. The Balaban J connectivity index is 2.10. The molecule has 100 valence electrons. The number of rotatable bonds is 4. The second-order valence-electron chi connectivity index (χ2n) is 5.04. The number of hydrogen-bond acceptors (Lipinski definition) is 3. The van der Waals surface area contributed by atoms with Crippen LogP contribution in [0.25, 0.3) is 0 Å². The Labute approximate surface area is 108 Å². The average molecular weight is 252 g/mol. The first kappa shape index (κ1) is 13.3. The van der Waals surface area contributed by atoms with E-state index in [2.05, 4.69) is 17.2 Å². The van der Waals surface area contributed by atoms with Crippen LogP contribution in [-0.4, -0.2) is 18.1 Å². The van der Waals surface area contributed by atoms with E-state index >= 15 is 0 Å². The summed E-state index contributed by atoms with van der Waals surface area (Å²) in [7, 11) is 1.80. The fourth-order valence-corrected chi connectivity index (χ4v) is 2.47. The first-order chi connectivity index (χ1) is 8.72.